The maximum Gasteiger partial charge on any atom is 0.243 e. The number of pyridine rings is 1. The Balaban J connectivity index is 1.28. The van der Waals surface area contributed by atoms with Crippen LogP contribution in [0.25, 0.3) is 11.3 Å². The molecule has 1 aromatic carbocycles. The molecule has 10 heteroatoms. The van der Waals surface area contributed by atoms with E-state index in [1.54, 1.807) is 37.3 Å². The smallest absolute Gasteiger partial charge is 0.243 e. The minimum atomic E-state index is -3.77. The molecule has 40 heavy (non-hydrogen) atoms. The Morgan fingerprint density at radius 3 is 2.58 bits per heavy atom. The minimum absolute atomic E-state index is 0.0395. The molecule has 9 nitrogen and oxygen atoms in total. The van der Waals surface area contributed by atoms with Gasteiger partial charge < -0.3 is 19.9 Å². The van der Waals surface area contributed by atoms with Crippen molar-refractivity contribution >= 4 is 21.7 Å². The molecule has 1 saturated carbocycles. The lowest BCUT2D eigenvalue weighted by molar-refractivity contribution is -0.122. The highest BCUT2D eigenvalue weighted by Gasteiger charge is 2.55. The van der Waals surface area contributed by atoms with Crippen LogP contribution in [0, 0.1) is 17.3 Å². The Morgan fingerprint density at radius 2 is 1.90 bits per heavy atom. The number of amides is 1. The second-order valence-electron chi connectivity index (χ2n) is 11.3. The largest absolute Gasteiger partial charge is 0.458 e. The molecule has 0 bridgehead atoms. The Bertz CT molecular complexity index is 1410. The highest BCUT2D eigenvalue weighted by molar-refractivity contribution is 7.89. The van der Waals surface area contributed by atoms with Gasteiger partial charge in [0.2, 0.25) is 22.7 Å². The van der Waals surface area contributed by atoms with E-state index >= 15 is 0 Å². The van der Waals surface area contributed by atoms with Gasteiger partial charge in [0, 0.05) is 25.1 Å². The standard InChI is InChI=1S/C30H37N3O6S/c1-20(2)13-16-33(18-21(3)34)40(36,37)24-10-7-22(8-11-24)25-5-4-6-28(31-25)32-29(35)30(14-15-30)23-9-12-26-27(17-23)39-19-38-26/h4-12,20-21,23,34H,13-19H2,1-3H3,(H,31,32,35). The van der Waals surface area contributed by atoms with E-state index in [1.807, 2.05) is 38.1 Å². The fourth-order valence-corrected chi connectivity index (χ4v) is 6.76. The van der Waals surface area contributed by atoms with Crippen LogP contribution >= 0.6 is 0 Å². The predicted octanol–water partition coefficient (Wildman–Crippen LogP) is 4.68. The molecule has 2 heterocycles. The summed E-state index contributed by atoms with van der Waals surface area (Å²) < 4.78 is 39.0. The second-order valence-corrected chi connectivity index (χ2v) is 13.2. The topological polar surface area (TPSA) is 118 Å². The van der Waals surface area contributed by atoms with E-state index in [0.717, 1.165) is 29.9 Å². The maximum absolute atomic E-state index is 13.4. The van der Waals surface area contributed by atoms with Crippen molar-refractivity contribution in [3.63, 3.8) is 0 Å². The van der Waals surface area contributed by atoms with Gasteiger partial charge in [0.05, 0.1) is 22.1 Å². The Morgan fingerprint density at radius 1 is 1.15 bits per heavy atom. The van der Waals surface area contributed by atoms with Crippen molar-refractivity contribution in [2.45, 2.75) is 57.5 Å². The first kappa shape index (κ1) is 28.3. The molecule has 2 N–H and O–H groups in total. The highest BCUT2D eigenvalue weighted by Crippen LogP contribution is 2.56. The molecule has 1 fully saturated rings. The number of hydrogen-bond donors (Lipinski definition) is 2. The molecule has 0 spiro atoms. The van der Waals surface area contributed by atoms with Crippen molar-refractivity contribution in [3.8, 4) is 11.3 Å². The number of aliphatic hydroxyl groups excluding tert-OH is 1. The number of hydrogen-bond acceptors (Lipinski definition) is 7. The fourth-order valence-electron chi connectivity index (χ4n) is 5.23. The Kier molecular flexibility index (Phi) is 8.03. The molecule has 5 rings (SSSR count). The molecule has 2 atom stereocenters. The number of benzene rings is 1. The number of aromatic nitrogens is 1. The zero-order valence-corrected chi connectivity index (χ0v) is 24.0. The number of aliphatic hydroxyl groups is 1. The van der Waals surface area contributed by atoms with Crippen LogP contribution in [0.4, 0.5) is 5.82 Å². The van der Waals surface area contributed by atoms with Gasteiger partial charge in [0.1, 0.15) is 11.6 Å². The van der Waals surface area contributed by atoms with Gasteiger partial charge in [-0.05, 0) is 68.4 Å². The van der Waals surface area contributed by atoms with Crippen molar-refractivity contribution in [2.75, 3.05) is 25.2 Å². The lowest BCUT2D eigenvalue weighted by atomic mass is 9.82. The number of sulfonamides is 1. The van der Waals surface area contributed by atoms with Crippen molar-refractivity contribution in [3.05, 3.63) is 66.1 Å². The summed E-state index contributed by atoms with van der Waals surface area (Å²) >= 11 is 0. The molecular formula is C30H37N3O6S. The van der Waals surface area contributed by atoms with Crippen LogP contribution in [0.3, 0.4) is 0 Å². The average Bonchev–Trinajstić information content (AvgIpc) is 3.61. The number of allylic oxidation sites excluding steroid dienone is 3. The van der Waals surface area contributed by atoms with E-state index in [-0.39, 0.29) is 30.1 Å². The van der Waals surface area contributed by atoms with Crippen LogP contribution in [0.2, 0.25) is 0 Å². The summed E-state index contributed by atoms with van der Waals surface area (Å²) in [6.45, 7) is 6.27. The van der Waals surface area contributed by atoms with Crippen molar-refractivity contribution < 1.29 is 27.8 Å². The zero-order valence-electron chi connectivity index (χ0n) is 23.2. The van der Waals surface area contributed by atoms with Crippen LogP contribution < -0.4 is 5.32 Å². The SMILES string of the molecule is CC(C)CCN(CC(C)O)S(=O)(=O)c1ccc(-c2cccc(NC(=O)C3(C4C=CC5=C(C4)OCO5)CC3)n2)cc1. The minimum Gasteiger partial charge on any atom is -0.458 e. The van der Waals surface area contributed by atoms with Gasteiger partial charge >= 0.3 is 0 Å². The number of anilines is 1. The van der Waals surface area contributed by atoms with E-state index in [4.69, 9.17) is 9.47 Å². The first-order chi connectivity index (χ1) is 19.1. The average molecular weight is 568 g/mol. The van der Waals surface area contributed by atoms with Crippen LogP contribution in [0.1, 0.15) is 46.5 Å². The number of carbonyl (C=O) groups is 1. The molecule has 2 aliphatic carbocycles. The van der Waals surface area contributed by atoms with Gasteiger partial charge in [0.15, 0.2) is 5.76 Å². The third kappa shape index (κ3) is 5.94. The van der Waals surface area contributed by atoms with Gasteiger partial charge in [-0.15, -0.1) is 0 Å². The van der Waals surface area contributed by atoms with E-state index < -0.39 is 21.5 Å². The summed E-state index contributed by atoms with van der Waals surface area (Å²) in [5.41, 5.74) is 0.868. The van der Waals surface area contributed by atoms with Crippen molar-refractivity contribution in [1.29, 1.82) is 0 Å². The molecule has 0 saturated heterocycles. The third-order valence-electron chi connectivity index (χ3n) is 7.76. The van der Waals surface area contributed by atoms with Crippen LogP contribution in [-0.2, 0) is 24.3 Å². The van der Waals surface area contributed by atoms with Crippen LogP contribution in [-0.4, -0.2) is 54.7 Å². The first-order valence-corrected chi connectivity index (χ1v) is 15.3. The lowest BCUT2D eigenvalue weighted by Gasteiger charge is -2.25. The normalized spacial score (nSPS) is 20.2. The Hall–Kier alpha value is -3.21. The summed E-state index contributed by atoms with van der Waals surface area (Å²) in [5.74, 6) is 2.33. The number of ether oxygens (including phenoxy) is 2. The van der Waals surface area contributed by atoms with E-state index in [2.05, 4.69) is 10.3 Å². The lowest BCUT2D eigenvalue weighted by Crippen LogP contribution is -2.37. The molecule has 3 aliphatic rings. The number of nitrogens with zero attached hydrogens (tertiary/aromatic N) is 2. The fraction of sp³-hybridized carbons (Fsp3) is 0.467. The van der Waals surface area contributed by atoms with Gasteiger partial charge in [-0.25, -0.2) is 13.4 Å². The summed E-state index contributed by atoms with van der Waals surface area (Å²) in [4.78, 5) is 18.2. The molecule has 1 aromatic heterocycles. The molecule has 2 unspecified atom stereocenters. The summed E-state index contributed by atoms with van der Waals surface area (Å²) in [5, 5.41) is 12.9. The van der Waals surface area contributed by atoms with E-state index in [1.165, 1.54) is 4.31 Å². The molecule has 214 valence electrons. The van der Waals surface area contributed by atoms with Gasteiger partial charge in [-0.1, -0.05) is 38.1 Å². The first-order valence-electron chi connectivity index (χ1n) is 13.8. The van der Waals surface area contributed by atoms with Gasteiger partial charge in [-0.3, -0.25) is 4.79 Å². The highest BCUT2D eigenvalue weighted by atomic mass is 32.2. The summed E-state index contributed by atoms with van der Waals surface area (Å²) in [6, 6.07) is 12.0. The van der Waals surface area contributed by atoms with E-state index in [9.17, 15) is 18.3 Å². The predicted molar refractivity (Wildman–Crippen MR) is 151 cm³/mol. The maximum atomic E-state index is 13.4. The molecule has 0 radical (unpaired) electrons. The van der Waals surface area contributed by atoms with Crippen LogP contribution in [0.5, 0.6) is 0 Å². The van der Waals surface area contributed by atoms with Crippen molar-refractivity contribution in [2.24, 2.45) is 17.3 Å². The molecule has 1 amide bonds. The summed E-state index contributed by atoms with van der Waals surface area (Å²) in [7, 11) is -3.77. The van der Waals surface area contributed by atoms with Crippen LogP contribution in [0.15, 0.2) is 71.0 Å². The Labute approximate surface area is 235 Å². The second kappa shape index (κ2) is 11.3. The molecule has 1 aliphatic heterocycles. The molecule has 2 aromatic rings. The van der Waals surface area contributed by atoms with Gasteiger partial charge in [-0.2, -0.15) is 4.31 Å². The monoisotopic (exact) mass is 567 g/mol. The van der Waals surface area contributed by atoms with E-state index in [0.29, 0.717) is 36.8 Å². The number of rotatable bonds is 11. The third-order valence-corrected chi connectivity index (χ3v) is 9.64. The quantitative estimate of drug-likeness (QED) is 0.405. The molecular weight excluding hydrogens is 530 g/mol. The number of nitrogens with one attached hydrogen (secondary N) is 1. The van der Waals surface area contributed by atoms with Crippen molar-refractivity contribution in [1.82, 2.24) is 9.29 Å². The number of carbonyl (C=O) groups excluding carboxylic acids is 1. The van der Waals surface area contributed by atoms with Gasteiger partial charge in [0.25, 0.3) is 0 Å². The summed E-state index contributed by atoms with van der Waals surface area (Å²) in [6.07, 6.45) is 6.13. The zero-order chi connectivity index (χ0) is 28.5.